The van der Waals surface area contributed by atoms with Crippen LogP contribution in [0.1, 0.15) is 50.3 Å². The smallest absolute Gasteiger partial charge is 0.264 e. The highest BCUT2D eigenvalue weighted by molar-refractivity contribution is 7.92. The van der Waals surface area contributed by atoms with Crippen molar-refractivity contribution in [1.29, 1.82) is 0 Å². The maximum absolute atomic E-state index is 14.1. The Kier molecular flexibility index (Phi) is 10.8. The summed E-state index contributed by atoms with van der Waals surface area (Å²) in [5, 5.41) is 3.18. The Labute approximate surface area is 243 Å². The average molecular weight is 584 g/mol. The van der Waals surface area contributed by atoms with Gasteiger partial charge in [-0.25, -0.2) is 8.42 Å². The summed E-state index contributed by atoms with van der Waals surface area (Å²) >= 11 is 6.47. The maximum atomic E-state index is 14.1. The lowest BCUT2D eigenvalue weighted by molar-refractivity contribution is -0.140. The fourth-order valence-corrected chi connectivity index (χ4v) is 6.09. The Morgan fingerprint density at radius 3 is 2.17 bits per heavy atom. The Bertz CT molecular complexity index is 1430. The van der Waals surface area contributed by atoms with E-state index in [1.54, 1.807) is 36.4 Å². The van der Waals surface area contributed by atoms with Crippen LogP contribution in [0.25, 0.3) is 0 Å². The predicted octanol–water partition coefficient (Wildman–Crippen LogP) is 5.87. The number of aryl methyl sites for hydroxylation is 2. The number of benzene rings is 3. The summed E-state index contributed by atoms with van der Waals surface area (Å²) in [6, 6.07) is 19.8. The minimum atomic E-state index is -4.18. The van der Waals surface area contributed by atoms with Crippen molar-refractivity contribution >= 4 is 39.1 Å². The van der Waals surface area contributed by atoms with Crippen molar-refractivity contribution in [3.05, 3.63) is 94.5 Å². The molecule has 7 nitrogen and oxygen atoms in total. The maximum Gasteiger partial charge on any atom is 0.264 e. The minimum absolute atomic E-state index is 0.0395. The molecule has 3 rings (SSSR count). The van der Waals surface area contributed by atoms with Crippen molar-refractivity contribution in [2.45, 2.75) is 71.0 Å². The SMILES string of the molecule is CCC(C)NC(=O)C(CC)N(Cc1cccc(C)c1)C(=O)CN(c1ccccc1Cl)S(=O)(=O)c1ccc(C)cc1. The third-order valence-corrected chi connectivity index (χ3v) is 8.92. The van der Waals surface area contributed by atoms with Crippen LogP contribution in [0.2, 0.25) is 5.02 Å². The number of nitrogens with one attached hydrogen (secondary N) is 1. The molecule has 0 aliphatic carbocycles. The first-order valence-electron chi connectivity index (χ1n) is 13.5. The van der Waals surface area contributed by atoms with Crippen LogP contribution in [0, 0.1) is 13.8 Å². The number of carbonyl (C=O) groups is 2. The monoisotopic (exact) mass is 583 g/mol. The van der Waals surface area contributed by atoms with Gasteiger partial charge in [0.05, 0.1) is 15.6 Å². The Balaban J connectivity index is 2.07. The third kappa shape index (κ3) is 7.64. The van der Waals surface area contributed by atoms with E-state index in [9.17, 15) is 18.0 Å². The van der Waals surface area contributed by atoms with E-state index in [1.807, 2.05) is 58.9 Å². The van der Waals surface area contributed by atoms with Gasteiger partial charge in [0, 0.05) is 12.6 Å². The average Bonchev–Trinajstić information content (AvgIpc) is 2.92. The molecule has 0 radical (unpaired) electrons. The number of hydrogen-bond donors (Lipinski definition) is 1. The van der Waals surface area contributed by atoms with Crippen molar-refractivity contribution in [3.63, 3.8) is 0 Å². The van der Waals surface area contributed by atoms with Gasteiger partial charge in [-0.1, -0.05) is 85.1 Å². The summed E-state index contributed by atoms with van der Waals surface area (Å²) < 4.78 is 28.9. The topological polar surface area (TPSA) is 86.8 Å². The lowest BCUT2D eigenvalue weighted by Crippen LogP contribution is -2.53. The molecule has 2 unspecified atom stereocenters. The molecule has 2 atom stereocenters. The van der Waals surface area contributed by atoms with Crippen LogP contribution in [0.15, 0.2) is 77.7 Å². The largest absolute Gasteiger partial charge is 0.352 e. The molecule has 0 heterocycles. The van der Waals surface area contributed by atoms with Gasteiger partial charge in [-0.05, 0) is 63.4 Å². The number of carbonyl (C=O) groups excluding carboxylic acids is 2. The van der Waals surface area contributed by atoms with Crippen LogP contribution in [-0.4, -0.2) is 43.8 Å². The summed E-state index contributed by atoms with van der Waals surface area (Å²) in [6.07, 6.45) is 1.10. The van der Waals surface area contributed by atoms with Crippen molar-refractivity contribution in [1.82, 2.24) is 10.2 Å². The Morgan fingerprint density at radius 1 is 0.900 bits per heavy atom. The minimum Gasteiger partial charge on any atom is -0.352 e. The molecule has 214 valence electrons. The molecular formula is C31H38ClN3O4S. The van der Waals surface area contributed by atoms with Gasteiger partial charge in [0.2, 0.25) is 11.8 Å². The first kappa shape index (κ1) is 31.2. The highest BCUT2D eigenvalue weighted by Gasteiger charge is 2.34. The van der Waals surface area contributed by atoms with Crippen LogP contribution in [-0.2, 0) is 26.2 Å². The van der Waals surface area contributed by atoms with Crippen molar-refractivity contribution in [2.24, 2.45) is 0 Å². The molecule has 9 heteroatoms. The molecule has 40 heavy (non-hydrogen) atoms. The van der Waals surface area contributed by atoms with Crippen LogP contribution in [0.4, 0.5) is 5.69 Å². The van der Waals surface area contributed by atoms with E-state index >= 15 is 0 Å². The van der Waals surface area contributed by atoms with Gasteiger partial charge in [-0.3, -0.25) is 13.9 Å². The summed E-state index contributed by atoms with van der Waals surface area (Å²) in [7, 11) is -4.18. The molecule has 0 aliphatic rings. The summed E-state index contributed by atoms with van der Waals surface area (Å²) in [5.41, 5.74) is 2.95. The number of rotatable bonds is 12. The lowest BCUT2D eigenvalue weighted by atomic mass is 10.1. The summed E-state index contributed by atoms with van der Waals surface area (Å²) in [4.78, 5) is 29.0. The number of para-hydroxylation sites is 1. The highest BCUT2D eigenvalue weighted by Crippen LogP contribution is 2.31. The molecule has 0 aliphatic heterocycles. The molecule has 0 aromatic heterocycles. The molecule has 1 N–H and O–H groups in total. The molecule has 0 saturated carbocycles. The lowest BCUT2D eigenvalue weighted by Gasteiger charge is -2.34. The fraction of sp³-hybridized carbons (Fsp3) is 0.355. The van der Waals surface area contributed by atoms with Crippen molar-refractivity contribution in [3.8, 4) is 0 Å². The molecule has 3 aromatic rings. The fourth-order valence-electron chi connectivity index (χ4n) is 4.37. The predicted molar refractivity (Wildman–Crippen MR) is 161 cm³/mol. The number of anilines is 1. The number of hydrogen-bond acceptors (Lipinski definition) is 4. The van der Waals surface area contributed by atoms with Gasteiger partial charge in [0.25, 0.3) is 10.0 Å². The van der Waals surface area contributed by atoms with Crippen LogP contribution >= 0.6 is 11.6 Å². The highest BCUT2D eigenvalue weighted by atomic mass is 35.5. The molecule has 2 amide bonds. The first-order valence-corrected chi connectivity index (χ1v) is 15.3. The zero-order valence-corrected chi connectivity index (χ0v) is 25.3. The Morgan fingerprint density at radius 2 is 1.57 bits per heavy atom. The number of halogens is 1. The molecule has 0 bridgehead atoms. The molecule has 0 saturated heterocycles. The number of sulfonamides is 1. The Hall–Kier alpha value is -3.36. The van der Waals surface area contributed by atoms with E-state index in [0.29, 0.717) is 6.42 Å². The van der Waals surface area contributed by atoms with Gasteiger partial charge >= 0.3 is 0 Å². The third-order valence-electron chi connectivity index (χ3n) is 6.83. The van der Waals surface area contributed by atoms with Crippen molar-refractivity contribution < 1.29 is 18.0 Å². The second-order valence-corrected chi connectivity index (χ2v) is 12.3. The van der Waals surface area contributed by atoms with E-state index in [0.717, 1.165) is 27.4 Å². The van der Waals surface area contributed by atoms with Gasteiger partial charge in [-0.15, -0.1) is 0 Å². The van der Waals surface area contributed by atoms with Crippen LogP contribution in [0.5, 0.6) is 0 Å². The van der Waals surface area contributed by atoms with E-state index < -0.39 is 28.5 Å². The normalized spacial score (nSPS) is 12.8. The standard InChI is InChI=1S/C31H38ClN3O4S/c1-6-24(5)33-31(37)28(7-2)34(20-25-12-10-11-23(4)19-25)30(36)21-35(29-14-9-8-13-27(29)32)40(38,39)26-17-15-22(3)16-18-26/h8-19,24,28H,6-7,20-21H2,1-5H3,(H,33,37). The quantitative estimate of drug-likeness (QED) is 0.289. The zero-order chi connectivity index (χ0) is 29.4. The van der Waals surface area contributed by atoms with E-state index in [1.165, 1.54) is 17.0 Å². The second kappa shape index (κ2) is 13.8. The zero-order valence-electron chi connectivity index (χ0n) is 23.7. The van der Waals surface area contributed by atoms with E-state index in [-0.39, 0.29) is 34.1 Å². The summed E-state index contributed by atoms with van der Waals surface area (Å²) in [6.45, 7) is 9.16. The van der Waals surface area contributed by atoms with E-state index in [2.05, 4.69) is 5.32 Å². The number of nitrogens with zero attached hydrogens (tertiary/aromatic N) is 2. The van der Waals surface area contributed by atoms with Crippen LogP contribution in [0.3, 0.4) is 0 Å². The first-order chi connectivity index (χ1) is 19.0. The van der Waals surface area contributed by atoms with Crippen LogP contribution < -0.4 is 9.62 Å². The van der Waals surface area contributed by atoms with Crippen molar-refractivity contribution in [2.75, 3.05) is 10.8 Å². The van der Waals surface area contributed by atoms with Gasteiger partial charge in [-0.2, -0.15) is 0 Å². The second-order valence-electron chi connectivity index (χ2n) is 10.0. The van der Waals surface area contributed by atoms with Gasteiger partial charge in [0.15, 0.2) is 0 Å². The molecule has 3 aromatic carbocycles. The molecular weight excluding hydrogens is 546 g/mol. The van der Waals surface area contributed by atoms with Gasteiger partial charge in [0.1, 0.15) is 12.6 Å². The molecule has 0 fully saturated rings. The van der Waals surface area contributed by atoms with Gasteiger partial charge < -0.3 is 10.2 Å². The molecule has 0 spiro atoms. The van der Waals surface area contributed by atoms with E-state index in [4.69, 9.17) is 11.6 Å². The number of amides is 2. The summed E-state index contributed by atoms with van der Waals surface area (Å²) in [5.74, 6) is -0.785.